The molecule has 4 nitrogen and oxygen atoms in total. The van der Waals surface area contributed by atoms with Gasteiger partial charge in [-0.25, -0.2) is 9.97 Å². The summed E-state index contributed by atoms with van der Waals surface area (Å²) in [4.78, 5) is 7.89. The molecule has 1 rings (SSSR count). The highest BCUT2D eigenvalue weighted by molar-refractivity contribution is 5.11. The van der Waals surface area contributed by atoms with Gasteiger partial charge in [0.15, 0.2) is 0 Å². The van der Waals surface area contributed by atoms with Gasteiger partial charge < -0.3 is 10.5 Å². The molecule has 0 aliphatic heterocycles. The van der Waals surface area contributed by atoms with Crippen LogP contribution in [0.2, 0.25) is 0 Å². The van der Waals surface area contributed by atoms with Crippen LogP contribution >= 0.6 is 0 Å². The van der Waals surface area contributed by atoms with Crippen LogP contribution in [0.25, 0.3) is 0 Å². The lowest BCUT2D eigenvalue weighted by molar-refractivity contribution is 0.300. The first-order chi connectivity index (χ1) is 5.83. The molecule has 0 spiro atoms. The van der Waals surface area contributed by atoms with Crippen LogP contribution in [0.1, 0.15) is 12.1 Å². The zero-order chi connectivity index (χ0) is 8.81. The van der Waals surface area contributed by atoms with Crippen LogP contribution in [0.3, 0.4) is 0 Å². The number of aryl methyl sites for hydroxylation is 1. The number of nitrogens with zero attached hydrogens (tertiary/aromatic N) is 2. The Labute approximate surface area is 71.8 Å². The van der Waals surface area contributed by atoms with E-state index in [2.05, 4.69) is 9.97 Å². The third kappa shape index (κ3) is 2.84. The lowest BCUT2D eigenvalue weighted by Gasteiger charge is -2.03. The standard InChI is InChI=1S/C8H13N3O/c1-7-5-8(11-6-10-7)12-4-2-3-9/h5-6H,2-4,9H2,1H3. The van der Waals surface area contributed by atoms with Gasteiger partial charge in [0, 0.05) is 11.8 Å². The lowest BCUT2D eigenvalue weighted by atomic mass is 10.4. The molecule has 66 valence electrons. The smallest absolute Gasteiger partial charge is 0.216 e. The Hall–Kier alpha value is -1.16. The van der Waals surface area contributed by atoms with E-state index in [0.717, 1.165) is 12.1 Å². The van der Waals surface area contributed by atoms with Crippen molar-refractivity contribution in [3.05, 3.63) is 18.1 Å². The molecule has 0 atom stereocenters. The largest absolute Gasteiger partial charge is 0.478 e. The van der Waals surface area contributed by atoms with Crippen molar-refractivity contribution >= 4 is 0 Å². The maximum Gasteiger partial charge on any atom is 0.216 e. The molecule has 0 aliphatic carbocycles. The number of aromatic nitrogens is 2. The summed E-state index contributed by atoms with van der Waals surface area (Å²) >= 11 is 0. The molecule has 0 bridgehead atoms. The Balaban J connectivity index is 2.41. The van der Waals surface area contributed by atoms with Crippen molar-refractivity contribution in [1.82, 2.24) is 9.97 Å². The normalized spacial score (nSPS) is 9.83. The molecule has 4 heteroatoms. The summed E-state index contributed by atoms with van der Waals surface area (Å²) < 4.78 is 5.30. The molecule has 1 aromatic rings. The van der Waals surface area contributed by atoms with Gasteiger partial charge in [-0.1, -0.05) is 0 Å². The molecule has 12 heavy (non-hydrogen) atoms. The Kier molecular flexibility index (Phi) is 3.47. The second-order valence-corrected chi connectivity index (χ2v) is 2.49. The van der Waals surface area contributed by atoms with E-state index < -0.39 is 0 Å². The molecule has 1 heterocycles. The number of hydrogen-bond donors (Lipinski definition) is 1. The maximum absolute atomic E-state index is 5.31. The average molecular weight is 167 g/mol. The van der Waals surface area contributed by atoms with Crippen LogP contribution < -0.4 is 10.5 Å². The second kappa shape index (κ2) is 4.66. The highest BCUT2D eigenvalue weighted by atomic mass is 16.5. The van der Waals surface area contributed by atoms with Gasteiger partial charge in [0.1, 0.15) is 6.33 Å². The van der Waals surface area contributed by atoms with Crippen LogP contribution in [0, 0.1) is 6.92 Å². The number of hydrogen-bond acceptors (Lipinski definition) is 4. The van der Waals surface area contributed by atoms with Crippen molar-refractivity contribution in [2.75, 3.05) is 13.2 Å². The van der Waals surface area contributed by atoms with E-state index in [1.165, 1.54) is 6.33 Å². The molecule has 0 unspecified atom stereocenters. The lowest BCUT2D eigenvalue weighted by Crippen LogP contribution is -2.06. The van der Waals surface area contributed by atoms with Gasteiger partial charge in [0.2, 0.25) is 5.88 Å². The van der Waals surface area contributed by atoms with Crippen molar-refractivity contribution in [3.63, 3.8) is 0 Å². The number of ether oxygens (including phenoxy) is 1. The quantitative estimate of drug-likeness (QED) is 0.664. The molecule has 0 saturated heterocycles. The van der Waals surface area contributed by atoms with Crippen LogP contribution in [0.5, 0.6) is 5.88 Å². The zero-order valence-corrected chi connectivity index (χ0v) is 7.16. The monoisotopic (exact) mass is 167 g/mol. The predicted octanol–water partition coefficient (Wildman–Crippen LogP) is 0.513. The van der Waals surface area contributed by atoms with E-state index in [4.69, 9.17) is 10.5 Å². The Bertz CT molecular complexity index is 239. The van der Waals surface area contributed by atoms with E-state index in [9.17, 15) is 0 Å². The summed E-state index contributed by atoms with van der Waals surface area (Å²) in [5.74, 6) is 0.621. The molecular formula is C8H13N3O. The first-order valence-electron chi connectivity index (χ1n) is 3.94. The molecule has 0 fully saturated rings. The molecule has 0 saturated carbocycles. The summed E-state index contributed by atoms with van der Waals surface area (Å²) in [6, 6.07) is 1.80. The Morgan fingerprint density at radius 3 is 3.00 bits per heavy atom. The number of rotatable bonds is 4. The molecule has 0 aromatic carbocycles. The summed E-state index contributed by atoms with van der Waals surface area (Å²) in [5.41, 5.74) is 6.22. The molecule has 0 aliphatic rings. The highest BCUT2D eigenvalue weighted by Crippen LogP contribution is 2.05. The average Bonchev–Trinajstić information content (AvgIpc) is 2.05. The van der Waals surface area contributed by atoms with E-state index in [0.29, 0.717) is 19.0 Å². The van der Waals surface area contributed by atoms with Gasteiger partial charge in [-0.05, 0) is 19.9 Å². The second-order valence-electron chi connectivity index (χ2n) is 2.49. The molecule has 0 amide bonds. The van der Waals surface area contributed by atoms with Gasteiger partial charge in [-0.2, -0.15) is 0 Å². The van der Waals surface area contributed by atoms with Crippen LogP contribution in [-0.4, -0.2) is 23.1 Å². The van der Waals surface area contributed by atoms with Gasteiger partial charge >= 0.3 is 0 Å². The van der Waals surface area contributed by atoms with Crippen molar-refractivity contribution in [1.29, 1.82) is 0 Å². The highest BCUT2D eigenvalue weighted by Gasteiger charge is 1.94. The Morgan fingerprint density at radius 2 is 2.33 bits per heavy atom. The topological polar surface area (TPSA) is 61.0 Å². The Morgan fingerprint density at radius 1 is 1.50 bits per heavy atom. The number of nitrogens with two attached hydrogens (primary N) is 1. The van der Waals surface area contributed by atoms with Crippen molar-refractivity contribution < 1.29 is 4.74 Å². The van der Waals surface area contributed by atoms with Gasteiger partial charge in [0.25, 0.3) is 0 Å². The maximum atomic E-state index is 5.31. The third-order valence-electron chi connectivity index (χ3n) is 1.38. The fourth-order valence-electron chi connectivity index (χ4n) is 0.769. The van der Waals surface area contributed by atoms with Crippen LogP contribution in [0.15, 0.2) is 12.4 Å². The SMILES string of the molecule is Cc1cc(OCCCN)ncn1. The van der Waals surface area contributed by atoms with Crippen molar-refractivity contribution in [2.24, 2.45) is 5.73 Å². The fraction of sp³-hybridized carbons (Fsp3) is 0.500. The minimum Gasteiger partial charge on any atom is -0.478 e. The van der Waals surface area contributed by atoms with Crippen molar-refractivity contribution in [3.8, 4) is 5.88 Å². The first-order valence-corrected chi connectivity index (χ1v) is 3.94. The molecular weight excluding hydrogens is 154 g/mol. The molecule has 0 radical (unpaired) electrons. The minimum absolute atomic E-state index is 0.618. The molecule has 1 aromatic heterocycles. The van der Waals surface area contributed by atoms with E-state index in [-0.39, 0.29) is 0 Å². The summed E-state index contributed by atoms with van der Waals surface area (Å²) in [7, 11) is 0. The van der Waals surface area contributed by atoms with Gasteiger partial charge in [-0.15, -0.1) is 0 Å². The zero-order valence-electron chi connectivity index (χ0n) is 7.16. The van der Waals surface area contributed by atoms with Crippen LogP contribution in [-0.2, 0) is 0 Å². The van der Waals surface area contributed by atoms with E-state index >= 15 is 0 Å². The predicted molar refractivity (Wildman–Crippen MR) is 45.9 cm³/mol. The summed E-state index contributed by atoms with van der Waals surface area (Å²) in [6.45, 7) is 3.16. The minimum atomic E-state index is 0.618. The summed E-state index contributed by atoms with van der Waals surface area (Å²) in [6.07, 6.45) is 2.34. The van der Waals surface area contributed by atoms with Gasteiger partial charge in [0.05, 0.1) is 6.61 Å². The van der Waals surface area contributed by atoms with Gasteiger partial charge in [-0.3, -0.25) is 0 Å². The van der Waals surface area contributed by atoms with Crippen molar-refractivity contribution in [2.45, 2.75) is 13.3 Å². The van der Waals surface area contributed by atoms with E-state index in [1.807, 2.05) is 6.92 Å². The van der Waals surface area contributed by atoms with Crippen LogP contribution in [0.4, 0.5) is 0 Å². The molecule has 2 N–H and O–H groups in total. The summed E-state index contributed by atoms with van der Waals surface area (Å²) in [5, 5.41) is 0. The third-order valence-corrected chi connectivity index (χ3v) is 1.38. The first kappa shape index (κ1) is 8.93. The fourth-order valence-corrected chi connectivity index (χ4v) is 0.769. The van der Waals surface area contributed by atoms with E-state index in [1.54, 1.807) is 6.07 Å².